The van der Waals surface area contributed by atoms with Crippen LogP contribution in [0.15, 0.2) is 53.2 Å². The second-order valence-electron chi connectivity index (χ2n) is 4.53. The molecule has 5 nitrogen and oxygen atoms in total. The summed E-state index contributed by atoms with van der Waals surface area (Å²) in [4.78, 5) is 0. The molecular formula is C16H14NO4+. The molecule has 0 saturated heterocycles. The Hall–Kier alpha value is -2.95. The van der Waals surface area contributed by atoms with E-state index in [1.807, 2.05) is 24.3 Å². The summed E-state index contributed by atoms with van der Waals surface area (Å²) in [6.07, 6.45) is 1.60. The number of methoxy groups -OCH3 is 1. The molecule has 21 heavy (non-hydrogen) atoms. The van der Waals surface area contributed by atoms with Gasteiger partial charge < -0.3 is 19.5 Å². The zero-order valence-electron chi connectivity index (χ0n) is 11.3. The Morgan fingerprint density at radius 3 is 2.52 bits per heavy atom. The number of phenols is 1. The topological polar surface area (TPSA) is 78.4 Å². The fraction of sp³-hybridized carbons (Fsp3) is 0.0625. The van der Waals surface area contributed by atoms with E-state index in [4.69, 9.17) is 14.4 Å². The van der Waals surface area contributed by atoms with Crippen molar-refractivity contribution in [3.8, 4) is 39.7 Å². The lowest BCUT2D eigenvalue weighted by Crippen LogP contribution is -1.84. The van der Waals surface area contributed by atoms with Crippen molar-refractivity contribution in [1.29, 1.82) is 0 Å². The van der Waals surface area contributed by atoms with E-state index in [9.17, 15) is 5.11 Å². The molecule has 0 saturated carbocycles. The third-order valence-corrected chi connectivity index (χ3v) is 3.21. The number of nitrogens with zero attached hydrogens (tertiary/aromatic N) is 1. The van der Waals surface area contributed by atoms with Gasteiger partial charge in [-0.25, -0.2) is 0 Å². The maximum Gasteiger partial charge on any atom is 0.257 e. The van der Waals surface area contributed by atoms with E-state index >= 15 is 0 Å². The third kappa shape index (κ3) is 2.41. The number of hydrogen-bond donors (Lipinski definition) is 1. The van der Waals surface area contributed by atoms with Gasteiger partial charge in [-0.05, 0) is 23.8 Å². The van der Waals surface area contributed by atoms with Crippen LogP contribution in [0, 0.1) is 0 Å². The summed E-state index contributed by atoms with van der Waals surface area (Å²) in [7, 11) is 1.61. The van der Waals surface area contributed by atoms with Crippen molar-refractivity contribution in [3.63, 3.8) is 0 Å². The molecule has 0 spiro atoms. The number of rotatable bonds is 3. The van der Waals surface area contributed by atoms with Gasteiger partial charge in [0, 0.05) is 11.6 Å². The fourth-order valence-corrected chi connectivity index (χ4v) is 2.13. The van der Waals surface area contributed by atoms with Gasteiger partial charge in [-0.15, -0.1) is 0 Å². The molecule has 106 valence electrons. The van der Waals surface area contributed by atoms with Crippen LogP contribution in [-0.2, 0) is 0 Å². The van der Waals surface area contributed by atoms with Gasteiger partial charge in [0.15, 0.2) is 5.76 Å². The summed E-state index contributed by atoms with van der Waals surface area (Å²) in [5.74, 6) is 1.46. The van der Waals surface area contributed by atoms with Crippen LogP contribution in [0.3, 0.4) is 0 Å². The Balaban J connectivity index is 2.07. The molecule has 0 amide bonds. The van der Waals surface area contributed by atoms with Crippen LogP contribution in [0.5, 0.6) is 17.2 Å². The monoisotopic (exact) mass is 284 g/mol. The van der Waals surface area contributed by atoms with E-state index in [2.05, 4.69) is 5.16 Å². The molecule has 1 aromatic heterocycles. The zero-order chi connectivity index (χ0) is 14.8. The SMILES string of the molecule is COc1ccc(-c2cnoc2-c2ccc([OH2+])cc2O)cc1. The van der Waals surface area contributed by atoms with Crippen LogP contribution < -0.4 is 4.74 Å². The minimum absolute atomic E-state index is 0.00554. The van der Waals surface area contributed by atoms with E-state index in [0.29, 0.717) is 11.3 Å². The number of hydrogen-bond acceptors (Lipinski definition) is 4. The van der Waals surface area contributed by atoms with Gasteiger partial charge in [0.25, 0.3) is 5.75 Å². The first kappa shape index (κ1) is 13.1. The lowest BCUT2D eigenvalue weighted by atomic mass is 10.0. The summed E-state index contributed by atoms with van der Waals surface area (Å²) in [6, 6.07) is 12.1. The van der Waals surface area contributed by atoms with Crippen LogP contribution in [0.2, 0.25) is 0 Å². The maximum absolute atomic E-state index is 9.99. The van der Waals surface area contributed by atoms with Crippen LogP contribution in [0.4, 0.5) is 0 Å². The van der Waals surface area contributed by atoms with Crippen molar-refractivity contribution in [2.24, 2.45) is 0 Å². The Kier molecular flexibility index (Phi) is 3.23. The van der Waals surface area contributed by atoms with E-state index in [-0.39, 0.29) is 11.5 Å². The lowest BCUT2D eigenvalue weighted by molar-refractivity contribution is 0.415. The normalized spacial score (nSPS) is 10.5. The molecule has 0 atom stereocenters. The highest BCUT2D eigenvalue weighted by Crippen LogP contribution is 2.38. The van der Waals surface area contributed by atoms with Gasteiger partial charge in [-0.3, -0.25) is 0 Å². The van der Waals surface area contributed by atoms with Crippen molar-refractivity contribution in [2.45, 2.75) is 0 Å². The molecule has 0 aliphatic rings. The summed E-state index contributed by atoms with van der Waals surface area (Å²) < 4.78 is 10.4. The Morgan fingerprint density at radius 1 is 1.10 bits per heavy atom. The van der Waals surface area contributed by atoms with E-state index in [0.717, 1.165) is 16.9 Å². The highest BCUT2D eigenvalue weighted by Gasteiger charge is 2.17. The van der Waals surface area contributed by atoms with Crippen molar-refractivity contribution >= 4 is 0 Å². The first-order valence-electron chi connectivity index (χ1n) is 6.33. The molecular weight excluding hydrogens is 270 g/mol. The van der Waals surface area contributed by atoms with Crippen LogP contribution in [-0.4, -0.2) is 22.5 Å². The van der Waals surface area contributed by atoms with E-state index in [1.165, 1.54) is 6.07 Å². The first-order chi connectivity index (χ1) is 10.2. The number of aromatic nitrogens is 1. The van der Waals surface area contributed by atoms with Crippen LogP contribution in [0.25, 0.3) is 22.5 Å². The lowest BCUT2D eigenvalue weighted by Gasteiger charge is -2.05. The average Bonchev–Trinajstić information content (AvgIpc) is 2.96. The molecule has 2 aromatic carbocycles. The van der Waals surface area contributed by atoms with Crippen molar-refractivity contribution in [1.82, 2.24) is 5.16 Å². The molecule has 0 radical (unpaired) electrons. The molecule has 0 unspecified atom stereocenters. The fourth-order valence-electron chi connectivity index (χ4n) is 2.13. The predicted molar refractivity (Wildman–Crippen MR) is 78.7 cm³/mol. The summed E-state index contributed by atoms with van der Waals surface area (Å²) in [5.41, 5.74) is 2.18. The summed E-state index contributed by atoms with van der Waals surface area (Å²) >= 11 is 0. The minimum atomic E-state index is -0.00554. The van der Waals surface area contributed by atoms with Crippen molar-refractivity contribution < 1.29 is 19.5 Å². The second kappa shape index (κ2) is 5.20. The minimum Gasteiger partial charge on any atom is -0.593 e. The molecule has 3 rings (SSSR count). The highest BCUT2D eigenvalue weighted by molar-refractivity contribution is 5.82. The predicted octanol–water partition coefficient (Wildman–Crippen LogP) is 3.16. The smallest absolute Gasteiger partial charge is 0.257 e. The molecule has 3 aromatic rings. The quantitative estimate of drug-likeness (QED) is 0.749. The summed E-state index contributed by atoms with van der Waals surface area (Å²) in [5, 5.41) is 21.3. The molecule has 0 aliphatic carbocycles. The Labute approximate surface area is 121 Å². The number of aromatic hydroxyl groups is 1. The molecule has 5 heteroatoms. The van der Waals surface area contributed by atoms with Gasteiger partial charge in [0.2, 0.25) is 0 Å². The van der Waals surface area contributed by atoms with Crippen LogP contribution >= 0.6 is 0 Å². The number of benzene rings is 2. The van der Waals surface area contributed by atoms with Gasteiger partial charge in [-0.2, -0.15) is 0 Å². The maximum atomic E-state index is 9.99. The number of ether oxygens (including phenoxy) is 1. The highest BCUT2D eigenvalue weighted by atomic mass is 16.5. The average molecular weight is 284 g/mol. The Bertz CT molecular complexity index is 762. The third-order valence-electron chi connectivity index (χ3n) is 3.21. The molecule has 0 aliphatic heterocycles. The standard InChI is InChI=1S/C16H13NO4/c1-20-12-5-2-10(3-6-12)14-9-17-21-16(14)13-7-4-11(18)8-15(13)19/h2-9,18-19H,1H3/p+1. The largest absolute Gasteiger partial charge is 0.593 e. The Morgan fingerprint density at radius 2 is 1.86 bits per heavy atom. The second-order valence-corrected chi connectivity index (χ2v) is 4.53. The van der Waals surface area contributed by atoms with Gasteiger partial charge >= 0.3 is 0 Å². The number of phenolic OH excluding ortho intramolecular Hbond substituents is 1. The van der Waals surface area contributed by atoms with E-state index < -0.39 is 0 Å². The molecule has 3 N–H and O–H groups in total. The first-order valence-corrected chi connectivity index (χ1v) is 6.33. The molecule has 1 heterocycles. The van der Waals surface area contributed by atoms with Gasteiger partial charge in [-0.1, -0.05) is 17.3 Å². The molecule has 0 bridgehead atoms. The summed E-state index contributed by atoms with van der Waals surface area (Å²) in [6.45, 7) is 0. The van der Waals surface area contributed by atoms with Crippen molar-refractivity contribution in [2.75, 3.05) is 7.11 Å². The zero-order valence-corrected chi connectivity index (χ0v) is 11.3. The van der Waals surface area contributed by atoms with E-state index in [1.54, 1.807) is 25.4 Å². The molecule has 0 fully saturated rings. The van der Waals surface area contributed by atoms with Crippen molar-refractivity contribution in [3.05, 3.63) is 48.7 Å². The van der Waals surface area contributed by atoms with Crippen LogP contribution in [0.1, 0.15) is 0 Å². The van der Waals surface area contributed by atoms with Gasteiger partial charge in [0.1, 0.15) is 11.5 Å². The van der Waals surface area contributed by atoms with Gasteiger partial charge in [0.05, 0.1) is 24.9 Å².